The van der Waals surface area contributed by atoms with Crippen molar-refractivity contribution in [3.8, 4) is 0 Å². The third-order valence-electron chi connectivity index (χ3n) is 4.72. The number of amides is 1. The van der Waals surface area contributed by atoms with Crippen LogP contribution < -0.4 is 5.32 Å². The van der Waals surface area contributed by atoms with Gasteiger partial charge in [0.25, 0.3) is 0 Å². The van der Waals surface area contributed by atoms with Crippen molar-refractivity contribution in [2.45, 2.75) is 64.5 Å². The molecule has 6 heteroatoms. The molecule has 0 spiro atoms. The summed E-state index contributed by atoms with van der Waals surface area (Å²) >= 11 is 0. The molecule has 2 atom stereocenters. The molecule has 2 aliphatic rings. The van der Waals surface area contributed by atoms with Crippen LogP contribution in [0.15, 0.2) is 0 Å². The molecule has 2 N–H and O–H groups in total. The number of nitrogens with zero attached hydrogens (tertiary/aromatic N) is 1. The van der Waals surface area contributed by atoms with Crippen LogP contribution in [0.25, 0.3) is 0 Å². The van der Waals surface area contributed by atoms with Crippen LogP contribution >= 0.6 is 0 Å². The quantitative estimate of drug-likeness (QED) is 0.830. The highest BCUT2D eigenvalue weighted by Gasteiger charge is 2.31. The minimum absolute atomic E-state index is 0.170. The average molecular weight is 326 g/mol. The first-order valence-corrected chi connectivity index (χ1v) is 8.67. The van der Waals surface area contributed by atoms with E-state index in [-0.39, 0.29) is 18.1 Å². The maximum atomic E-state index is 11.8. The molecule has 2 fully saturated rings. The van der Waals surface area contributed by atoms with Crippen LogP contribution in [0.1, 0.15) is 52.9 Å². The van der Waals surface area contributed by atoms with Gasteiger partial charge >= 0.3 is 12.1 Å². The number of ether oxygens (including phenoxy) is 1. The number of carbonyl (C=O) groups excluding carboxylic acids is 1. The van der Waals surface area contributed by atoms with Gasteiger partial charge in [0.2, 0.25) is 0 Å². The molecule has 132 valence electrons. The molecule has 1 saturated carbocycles. The molecule has 0 radical (unpaired) electrons. The number of alkyl carbamates (subject to hydrolysis) is 1. The molecule has 1 saturated heterocycles. The van der Waals surface area contributed by atoms with Gasteiger partial charge < -0.3 is 20.1 Å². The summed E-state index contributed by atoms with van der Waals surface area (Å²) in [5.74, 6) is -0.250. The first kappa shape index (κ1) is 18.0. The molecular formula is C17H30N2O4. The lowest BCUT2D eigenvalue weighted by Crippen LogP contribution is -2.40. The van der Waals surface area contributed by atoms with Gasteiger partial charge in [-0.3, -0.25) is 4.79 Å². The van der Waals surface area contributed by atoms with Crippen molar-refractivity contribution >= 4 is 12.1 Å². The van der Waals surface area contributed by atoms with Crippen LogP contribution in [0, 0.1) is 11.8 Å². The van der Waals surface area contributed by atoms with E-state index in [4.69, 9.17) is 9.84 Å². The highest BCUT2D eigenvalue weighted by atomic mass is 16.6. The minimum Gasteiger partial charge on any atom is -0.481 e. The number of likely N-dealkylation sites (tertiary alicyclic amines) is 1. The summed E-state index contributed by atoms with van der Waals surface area (Å²) in [5, 5.41) is 12.0. The van der Waals surface area contributed by atoms with Crippen LogP contribution in [0.2, 0.25) is 0 Å². The largest absolute Gasteiger partial charge is 0.481 e. The number of hydrogen-bond donors (Lipinski definition) is 2. The lowest BCUT2D eigenvalue weighted by atomic mass is 9.96. The van der Waals surface area contributed by atoms with Gasteiger partial charge in [-0.15, -0.1) is 0 Å². The lowest BCUT2D eigenvalue weighted by Gasteiger charge is -2.31. The molecule has 0 aromatic heterocycles. The number of hydrogen-bond acceptors (Lipinski definition) is 4. The fourth-order valence-corrected chi connectivity index (χ4v) is 3.57. The Morgan fingerprint density at radius 2 is 1.83 bits per heavy atom. The van der Waals surface area contributed by atoms with Gasteiger partial charge in [0.15, 0.2) is 0 Å². The van der Waals surface area contributed by atoms with E-state index in [2.05, 4.69) is 10.2 Å². The van der Waals surface area contributed by atoms with Crippen molar-refractivity contribution in [3.63, 3.8) is 0 Å². The van der Waals surface area contributed by atoms with Crippen molar-refractivity contribution in [1.29, 1.82) is 0 Å². The van der Waals surface area contributed by atoms with Gasteiger partial charge in [-0.1, -0.05) is 0 Å². The number of rotatable bonds is 4. The van der Waals surface area contributed by atoms with E-state index in [0.29, 0.717) is 5.92 Å². The number of aliphatic carboxylic acids is 1. The van der Waals surface area contributed by atoms with Crippen LogP contribution in [0.5, 0.6) is 0 Å². The standard InChI is InChI=1S/C17H30N2O4/c1-17(2,3)23-16(22)18-14-5-4-12(10-14)11-19-8-6-13(7-9-19)15(20)21/h12-14H,4-11H2,1-3H3,(H,18,22)(H,20,21)/t12-,14-/m0/s1. The molecule has 1 aliphatic heterocycles. The molecule has 6 nitrogen and oxygen atoms in total. The fourth-order valence-electron chi connectivity index (χ4n) is 3.57. The van der Waals surface area contributed by atoms with Crippen LogP contribution in [-0.4, -0.2) is 53.3 Å². The summed E-state index contributed by atoms with van der Waals surface area (Å²) in [6, 6.07) is 0.200. The number of carbonyl (C=O) groups is 2. The smallest absolute Gasteiger partial charge is 0.407 e. The molecule has 23 heavy (non-hydrogen) atoms. The topological polar surface area (TPSA) is 78.9 Å². The van der Waals surface area contributed by atoms with Gasteiger partial charge in [0.05, 0.1) is 5.92 Å². The number of carboxylic acid groups (broad SMARTS) is 1. The van der Waals surface area contributed by atoms with Gasteiger partial charge in [-0.25, -0.2) is 4.79 Å². The van der Waals surface area contributed by atoms with Gasteiger partial charge in [0.1, 0.15) is 5.60 Å². The molecule has 1 heterocycles. The number of carboxylic acids is 1. The summed E-state index contributed by atoms with van der Waals surface area (Å²) in [4.78, 5) is 25.2. The molecule has 1 amide bonds. The minimum atomic E-state index is -0.660. The van der Waals surface area contributed by atoms with Crippen molar-refractivity contribution in [1.82, 2.24) is 10.2 Å². The third kappa shape index (κ3) is 6.01. The van der Waals surface area contributed by atoms with Crippen LogP contribution in [0.4, 0.5) is 4.79 Å². The normalized spacial score (nSPS) is 26.9. The van der Waals surface area contributed by atoms with Gasteiger partial charge in [-0.05, 0) is 71.9 Å². The zero-order valence-corrected chi connectivity index (χ0v) is 14.5. The summed E-state index contributed by atoms with van der Waals surface area (Å²) in [5.41, 5.74) is -0.462. The average Bonchev–Trinajstić information content (AvgIpc) is 2.84. The predicted molar refractivity (Wildman–Crippen MR) is 87.3 cm³/mol. The highest BCUT2D eigenvalue weighted by molar-refractivity contribution is 5.70. The second-order valence-corrected chi connectivity index (χ2v) is 7.94. The Balaban J connectivity index is 1.68. The molecule has 0 unspecified atom stereocenters. The third-order valence-corrected chi connectivity index (χ3v) is 4.72. The maximum absolute atomic E-state index is 11.8. The van der Waals surface area contributed by atoms with Crippen LogP contribution in [0.3, 0.4) is 0 Å². The van der Waals surface area contributed by atoms with Gasteiger partial charge in [0, 0.05) is 12.6 Å². The predicted octanol–water partition coefficient (Wildman–Crippen LogP) is 2.48. The number of piperidine rings is 1. The summed E-state index contributed by atoms with van der Waals surface area (Å²) in [6.45, 7) is 8.36. The van der Waals surface area contributed by atoms with Crippen molar-refractivity contribution < 1.29 is 19.4 Å². The molecular weight excluding hydrogens is 296 g/mol. The Morgan fingerprint density at radius 3 is 2.39 bits per heavy atom. The zero-order valence-electron chi connectivity index (χ0n) is 14.5. The zero-order chi connectivity index (χ0) is 17.0. The maximum Gasteiger partial charge on any atom is 0.407 e. The summed E-state index contributed by atoms with van der Waals surface area (Å²) < 4.78 is 5.30. The number of nitrogens with one attached hydrogen (secondary N) is 1. The van der Waals surface area contributed by atoms with Gasteiger partial charge in [-0.2, -0.15) is 0 Å². The molecule has 2 rings (SSSR count). The van der Waals surface area contributed by atoms with Crippen molar-refractivity contribution in [2.24, 2.45) is 11.8 Å². The second kappa shape index (κ2) is 7.51. The molecule has 1 aliphatic carbocycles. The Morgan fingerprint density at radius 1 is 1.17 bits per heavy atom. The molecule has 0 aromatic carbocycles. The second-order valence-electron chi connectivity index (χ2n) is 7.94. The van der Waals surface area contributed by atoms with Crippen molar-refractivity contribution in [3.05, 3.63) is 0 Å². The highest BCUT2D eigenvalue weighted by Crippen LogP contribution is 2.28. The van der Waals surface area contributed by atoms with Crippen LogP contribution in [-0.2, 0) is 9.53 Å². The van der Waals surface area contributed by atoms with E-state index in [0.717, 1.165) is 51.7 Å². The first-order chi connectivity index (χ1) is 10.7. The first-order valence-electron chi connectivity index (χ1n) is 8.67. The Kier molecular flexibility index (Phi) is 5.89. The summed E-state index contributed by atoms with van der Waals surface area (Å²) in [7, 11) is 0. The van der Waals surface area contributed by atoms with E-state index in [9.17, 15) is 9.59 Å². The lowest BCUT2D eigenvalue weighted by molar-refractivity contribution is -0.143. The van der Waals surface area contributed by atoms with E-state index in [1.165, 1.54) is 0 Å². The van der Waals surface area contributed by atoms with E-state index in [1.54, 1.807) is 0 Å². The molecule has 0 aromatic rings. The fraction of sp³-hybridized carbons (Fsp3) is 0.882. The van der Waals surface area contributed by atoms with E-state index in [1.807, 2.05) is 20.8 Å². The summed E-state index contributed by atoms with van der Waals surface area (Å²) in [6.07, 6.45) is 4.27. The molecule has 0 bridgehead atoms. The monoisotopic (exact) mass is 326 g/mol. The van der Waals surface area contributed by atoms with Crippen molar-refractivity contribution in [2.75, 3.05) is 19.6 Å². The Bertz CT molecular complexity index is 425. The van der Waals surface area contributed by atoms with E-state index < -0.39 is 11.6 Å². The Labute approximate surface area is 138 Å². The Hall–Kier alpha value is -1.30. The van der Waals surface area contributed by atoms with E-state index >= 15 is 0 Å². The SMILES string of the molecule is CC(C)(C)OC(=O)N[C@H]1CC[C@H](CN2CCC(C(=O)O)CC2)C1.